The molecule has 0 radical (unpaired) electrons. The van der Waals surface area contributed by atoms with Gasteiger partial charge in [-0.1, -0.05) is 29.8 Å². The Morgan fingerprint density at radius 3 is 2.50 bits per heavy atom. The number of hydrogen-bond donors (Lipinski definition) is 1. The first-order valence-electron chi connectivity index (χ1n) is 10.4. The normalized spacial score (nSPS) is 17.0. The number of aliphatic hydroxyl groups excluding tert-OH is 1. The van der Waals surface area contributed by atoms with Gasteiger partial charge in [0.05, 0.1) is 34.9 Å². The summed E-state index contributed by atoms with van der Waals surface area (Å²) >= 11 is 6.30. The molecule has 0 aliphatic carbocycles. The van der Waals surface area contributed by atoms with Gasteiger partial charge in [-0.3, -0.25) is 14.5 Å². The van der Waals surface area contributed by atoms with Crippen LogP contribution in [0.5, 0.6) is 5.75 Å². The molecule has 1 atom stereocenters. The molecule has 0 aromatic heterocycles. The molecular formula is C26H18ClFN2O4. The highest BCUT2D eigenvalue weighted by molar-refractivity contribution is 6.52. The minimum Gasteiger partial charge on any atom is -0.507 e. The van der Waals surface area contributed by atoms with Crippen molar-refractivity contribution >= 4 is 34.7 Å². The summed E-state index contributed by atoms with van der Waals surface area (Å²) in [6.45, 7) is 2.15. The Labute approximate surface area is 200 Å². The van der Waals surface area contributed by atoms with E-state index >= 15 is 0 Å². The molecule has 1 aliphatic heterocycles. The third-order valence-electron chi connectivity index (χ3n) is 5.42. The molecule has 8 heteroatoms. The molecule has 0 spiro atoms. The second kappa shape index (κ2) is 9.38. The largest absolute Gasteiger partial charge is 0.507 e. The number of nitrogens with zero attached hydrogens (tertiary/aromatic N) is 2. The van der Waals surface area contributed by atoms with Crippen molar-refractivity contribution in [1.82, 2.24) is 0 Å². The monoisotopic (exact) mass is 476 g/mol. The zero-order valence-corrected chi connectivity index (χ0v) is 18.7. The summed E-state index contributed by atoms with van der Waals surface area (Å²) in [6, 6.07) is 16.9. The van der Waals surface area contributed by atoms with Crippen molar-refractivity contribution in [1.29, 1.82) is 5.26 Å². The molecule has 6 nitrogen and oxygen atoms in total. The van der Waals surface area contributed by atoms with Gasteiger partial charge in [-0.2, -0.15) is 5.26 Å². The minimum atomic E-state index is -1.26. The molecule has 1 unspecified atom stereocenters. The summed E-state index contributed by atoms with van der Waals surface area (Å²) in [5.74, 6) is -2.75. The Bertz CT molecular complexity index is 1360. The molecule has 0 saturated carbocycles. The SMILES string of the molecule is CCOc1ccc(Cl)c(/C(O)=C2\C(=O)C(=O)N(c3ccc(C#N)cc3)C2c2ccccc2F)c1. The van der Waals surface area contributed by atoms with E-state index in [0.29, 0.717) is 17.9 Å². The number of ether oxygens (including phenoxy) is 1. The lowest BCUT2D eigenvalue weighted by Gasteiger charge is -2.25. The molecule has 1 saturated heterocycles. The molecule has 1 N–H and O–H groups in total. The first-order chi connectivity index (χ1) is 16.4. The molecule has 1 fully saturated rings. The van der Waals surface area contributed by atoms with Gasteiger partial charge in [0, 0.05) is 16.8 Å². The zero-order valence-electron chi connectivity index (χ0n) is 18.0. The van der Waals surface area contributed by atoms with Crippen molar-refractivity contribution in [2.24, 2.45) is 0 Å². The van der Waals surface area contributed by atoms with Crippen LogP contribution in [-0.4, -0.2) is 23.4 Å². The van der Waals surface area contributed by atoms with Gasteiger partial charge < -0.3 is 9.84 Å². The highest BCUT2D eigenvalue weighted by Crippen LogP contribution is 2.44. The van der Waals surface area contributed by atoms with Crippen molar-refractivity contribution in [2.45, 2.75) is 13.0 Å². The number of ketones is 1. The Morgan fingerprint density at radius 2 is 1.85 bits per heavy atom. The highest BCUT2D eigenvalue weighted by Gasteiger charge is 2.48. The molecule has 1 heterocycles. The van der Waals surface area contributed by atoms with E-state index in [1.165, 1.54) is 54.6 Å². The molecule has 3 aromatic rings. The van der Waals surface area contributed by atoms with Gasteiger partial charge in [0.1, 0.15) is 17.3 Å². The fraction of sp³-hybridized carbons (Fsp3) is 0.115. The van der Waals surface area contributed by atoms with Gasteiger partial charge in [0.2, 0.25) is 0 Å². The van der Waals surface area contributed by atoms with Crippen LogP contribution in [0, 0.1) is 17.1 Å². The number of hydrogen-bond acceptors (Lipinski definition) is 5. The van der Waals surface area contributed by atoms with Crippen LogP contribution in [0.3, 0.4) is 0 Å². The lowest BCUT2D eigenvalue weighted by Crippen LogP contribution is -2.29. The average Bonchev–Trinajstić information content (AvgIpc) is 3.10. The van der Waals surface area contributed by atoms with Crippen LogP contribution in [0.1, 0.15) is 29.7 Å². The van der Waals surface area contributed by atoms with Gasteiger partial charge in [-0.25, -0.2) is 4.39 Å². The Hall–Kier alpha value is -4.15. The Balaban J connectivity index is 1.96. The molecular weight excluding hydrogens is 459 g/mol. The van der Waals surface area contributed by atoms with Crippen molar-refractivity contribution in [3.05, 3.63) is 99.8 Å². The van der Waals surface area contributed by atoms with Gasteiger partial charge >= 0.3 is 0 Å². The van der Waals surface area contributed by atoms with Crippen molar-refractivity contribution < 1.29 is 23.8 Å². The number of amides is 1. The van der Waals surface area contributed by atoms with Gasteiger partial charge in [-0.15, -0.1) is 0 Å². The van der Waals surface area contributed by atoms with Crippen molar-refractivity contribution in [3.63, 3.8) is 0 Å². The fourth-order valence-electron chi connectivity index (χ4n) is 3.87. The van der Waals surface area contributed by atoms with E-state index in [1.54, 1.807) is 19.1 Å². The summed E-state index contributed by atoms with van der Waals surface area (Å²) in [4.78, 5) is 27.4. The number of rotatable bonds is 5. The van der Waals surface area contributed by atoms with Crippen LogP contribution in [-0.2, 0) is 9.59 Å². The highest BCUT2D eigenvalue weighted by atomic mass is 35.5. The van der Waals surface area contributed by atoms with E-state index in [2.05, 4.69) is 0 Å². The first kappa shape index (κ1) is 23.0. The predicted molar refractivity (Wildman–Crippen MR) is 125 cm³/mol. The minimum absolute atomic E-state index is 0.0182. The maximum absolute atomic E-state index is 14.9. The van der Waals surface area contributed by atoms with Gasteiger partial charge in [-0.05, 0) is 55.5 Å². The second-order valence-electron chi connectivity index (χ2n) is 7.42. The summed E-state index contributed by atoms with van der Waals surface area (Å²) < 4.78 is 20.4. The summed E-state index contributed by atoms with van der Waals surface area (Å²) in [5, 5.41) is 20.4. The number of halogens is 2. The topological polar surface area (TPSA) is 90.6 Å². The maximum Gasteiger partial charge on any atom is 0.300 e. The molecule has 1 aliphatic rings. The van der Waals surface area contributed by atoms with Crippen molar-refractivity contribution in [3.8, 4) is 11.8 Å². The van der Waals surface area contributed by atoms with Crippen LogP contribution in [0.15, 0.2) is 72.3 Å². The van der Waals surface area contributed by atoms with E-state index in [-0.39, 0.29) is 27.4 Å². The number of carbonyl (C=O) groups is 2. The first-order valence-corrected chi connectivity index (χ1v) is 10.7. The summed E-state index contributed by atoms with van der Waals surface area (Å²) in [6.07, 6.45) is 0. The van der Waals surface area contributed by atoms with Crippen LogP contribution < -0.4 is 9.64 Å². The number of aliphatic hydroxyl groups is 1. The Morgan fingerprint density at radius 1 is 1.15 bits per heavy atom. The second-order valence-corrected chi connectivity index (χ2v) is 7.83. The maximum atomic E-state index is 14.9. The molecule has 0 bridgehead atoms. The lowest BCUT2D eigenvalue weighted by molar-refractivity contribution is -0.132. The average molecular weight is 477 g/mol. The number of Topliss-reactive ketones (excluding diaryl/α,β-unsaturated/α-hetero) is 1. The van der Waals surface area contributed by atoms with E-state index in [1.807, 2.05) is 6.07 Å². The molecule has 1 amide bonds. The summed E-state index contributed by atoms with van der Waals surface area (Å²) in [7, 11) is 0. The number of carbonyl (C=O) groups excluding carboxylic acids is 2. The third-order valence-corrected chi connectivity index (χ3v) is 5.75. The van der Waals surface area contributed by atoms with Gasteiger partial charge in [0.15, 0.2) is 0 Å². The quantitative estimate of drug-likeness (QED) is 0.303. The number of nitriles is 1. The molecule has 34 heavy (non-hydrogen) atoms. The van der Waals surface area contributed by atoms with Crippen LogP contribution >= 0.6 is 11.6 Å². The molecule has 3 aromatic carbocycles. The third kappa shape index (κ3) is 4.00. The van der Waals surface area contributed by atoms with E-state index < -0.39 is 29.3 Å². The zero-order chi connectivity index (χ0) is 24.4. The van der Waals surface area contributed by atoms with Crippen LogP contribution in [0.2, 0.25) is 5.02 Å². The summed E-state index contributed by atoms with van der Waals surface area (Å²) in [5.41, 5.74) is 0.399. The van der Waals surface area contributed by atoms with E-state index in [9.17, 15) is 19.1 Å². The lowest BCUT2D eigenvalue weighted by atomic mass is 9.94. The van der Waals surface area contributed by atoms with Crippen LogP contribution in [0.4, 0.5) is 10.1 Å². The number of anilines is 1. The molecule has 4 rings (SSSR count). The molecule has 170 valence electrons. The van der Waals surface area contributed by atoms with Crippen LogP contribution in [0.25, 0.3) is 5.76 Å². The van der Waals surface area contributed by atoms with E-state index in [0.717, 1.165) is 4.90 Å². The fourth-order valence-corrected chi connectivity index (χ4v) is 4.08. The standard InChI is InChI=1S/C26H18ClFN2O4/c1-2-34-17-11-12-20(27)19(13-17)24(31)22-23(18-5-3-4-6-21(18)28)30(26(33)25(22)32)16-9-7-15(14-29)8-10-16/h3-13,23,31H,2H2,1H3/b24-22+. The predicted octanol–water partition coefficient (Wildman–Crippen LogP) is 5.38. The van der Waals surface area contributed by atoms with E-state index in [4.69, 9.17) is 21.6 Å². The van der Waals surface area contributed by atoms with Gasteiger partial charge in [0.25, 0.3) is 11.7 Å². The van der Waals surface area contributed by atoms with Crippen molar-refractivity contribution in [2.75, 3.05) is 11.5 Å². The smallest absolute Gasteiger partial charge is 0.300 e. The number of benzene rings is 3. The Kier molecular flexibility index (Phi) is 6.35.